The molecule has 0 saturated carbocycles. The van der Waals surface area contributed by atoms with Crippen LogP contribution in [0, 0.1) is 19.8 Å². The van der Waals surface area contributed by atoms with E-state index in [1.54, 1.807) is 24.9 Å². The second-order valence-corrected chi connectivity index (χ2v) is 7.68. The summed E-state index contributed by atoms with van der Waals surface area (Å²) in [6, 6.07) is 16.7. The van der Waals surface area contributed by atoms with Crippen LogP contribution in [0.3, 0.4) is 0 Å². The van der Waals surface area contributed by atoms with Gasteiger partial charge in [-0.3, -0.25) is 9.59 Å². The summed E-state index contributed by atoms with van der Waals surface area (Å²) in [5.41, 5.74) is 6.01. The number of hydrogen-bond acceptors (Lipinski definition) is 3. The number of pyridine rings is 1. The number of carbonyl (C=O) groups excluding carboxylic acids is 2. The molecule has 0 aliphatic heterocycles. The van der Waals surface area contributed by atoms with Gasteiger partial charge < -0.3 is 4.90 Å². The number of anilines is 1. The number of aromatic nitrogens is 1. The molecule has 2 aromatic carbocycles. The lowest BCUT2D eigenvalue weighted by molar-refractivity contribution is -0.118. The highest BCUT2D eigenvalue weighted by Gasteiger charge is 2.13. The molecule has 160 valence electrons. The number of aryl methyl sites for hydroxylation is 3. The summed E-state index contributed by atoms with van der Waals surface area (Å²) in [6.45, 7) is 5.53. The number of benzene rings is 2. The lowest BCUT2D eigenvalue weighted by Gasteiger charge is -2.17. The van der Waals surface area contributed by atoms with Crippen LogP contribution in [0.15, 0.2) is 54.6 Å². The van der Waals surface area contributed by atoms with Gasteiger partial charge in [0, 0.05) is 36.8 Å². The van der Waals surface area contributed by atoms with Gasteiger partial charge in [-0.05, 0) is 60.7 Å². The van der Waals surface area contributed by atoms with Crippen LogP contribution in [0.2, 0.25) is 0 Å². The second kappa shape index (κ2) is 9.65. The standard InChI is InChI=1S/C26H27FN2O2/c1-5-26(31)29(4)22-11-6-20(7-12-22)21-8-13-23(17(2)16-21)24(30)14-9-19-10-15-25(27)28-18(19)3/h6-8,10-13,15-16H,5,9,14H2,1-4H3. The minimum absolute atomic E-state index is 0.0582. The van der Waals surface area contributed by atoms with Gasteiger partial charge in [0.05, 0.1) is 0 Å². The average Bonchev–Trinajstić information content (AvgIpc) is 2.77. The molecule has 1 heterocycles. The van der Waals surface area contributed by atoms with Crippen LogP contribution in [-0.2, 0) is 11.2 Å². The fraction of sp³-hybridized carbons (Fsp3) is 0.269. The molecule has 0 fully saturated rings. The van der Waals surface area contributed by atoms with Crippen LogP contribution in [-0.4, -0.2) is 23.7 Å². The molecule has 1 amide bonds. The van der Waals surface area contributed by atoms with Gasteiger partial charge in [0.25, 0.3) is 0 Å². The Bertz CT molecular complexity index is 1110. The maximum atomic E-state index is 13.2. The highest BCUT2D eigenvalue weighted by molar-refractivity contribution is 5.98. The van der Waals surface area contributed by atoms with Gasteiger partial charge in [0.1, 0.15) is 0 Å². The molecule has 5 heteroatoms. The van der Waals surface area contributed by atoms with Crippen LogP contribution >= 0.6 is 0 Å². The molecule has 3 aromatic rings. The molecule has 1 aromatic heterocycles. The molecule has 4 nitrogen and oxygen atoms in total. The normalized spacial score (nSPS) is 10.7. The van der Waals surface area contributed by atoms with Crippen LogP contribution in [0.4, 0.5) is 10.1 Å². The fourth-order valence-corrected chi connectivity index (χ4v) is 3.62. The predicted molar refractivity (Wildman–Crippen MR) is 122 cm³/mol. The summed E-state index contributed by atoms with van der Waals surface area (Å²) < 4.78 is 13.2. The molecule has 0 radical (unpaired) electrons. The third-order valence-electron chi connectivity index (χ3n) is 5.57. The Labute approximate surface area is 182 Å². The minimum atomic E-state index is -0.504. The van der Waals surface area contributed by atoms with Crippen molar-refractivity contribution < 1.29 is 14.0 Å². The van der Waals surface area contributed by atoms with Gasteiger partial charge in [-0.2, -0.15) is 4.39 Å². The Kier molecular flexibility index (Phi) is 6.95. The lowest BCUT2D eigenvalue weighted by atomic mass is 9.95. The largest absolute Gasteiger partial charge is 0.316 e. The summed E-state index contributed by atoms with van der Waals surface area (Å²) in [7, 11) is 1.77. The number of Topliss-reactive ketones (excluding diaryl/α,β-unsaturated/α-hetero) is 1. The Hall–Kier alpha value is -3.34. The Balaban J connectivity index is 1.72. The first-order valence-electron chi connectivity index (χ1n) is 10.4. The number of amides is 1. The number of rotatable bonds is 7. The van der Waals surface area contributed by atoms with Crippen molar-refractivity contribution in [1.82, 2.24) is 4.98 Å². The zero-order valence-electron chi connectivity index (χ0n) is 18.4. The van der Waals surface area contributed by atoms with E-state index in [2.05, 4.69) is 4.98 Å². The van der Waals surface area contributed by atoms with Crippen molar-refractivity contribution in [3.63, 3.8) is 0 Å². The smallest absolute Gasteiger partial charge is 0.226 e. The van der Waals surface area contributed by atoms with E-state index in [0.29, 0.717) is 30.5 Å². The molecule has 0 aliphatic carbocycles. The maximum absolute atomic E-state index is 13.2. The summed E-state index contributed by atoms with van der Waals surface area (Å²) in [5.74, 6) is -0.378. The molecule has 0 unspecified atom stereocenters. The molecule has 0 saturated heterocycles. The van der Waals surface area contributed by atoms with Gasteiger partial charge in [0.2, 0.25) is 11.9 Å². The van der Waals surface area contributed by atoms with Gasteiger partial charge in [-0.25, -0.2) is 4.98 Å². The Morgan fingerprint density at radius 1 is 0.968 bits per heavy atom. The molecule has 0 atom stereocenters. The topological polar surface area (TPSA) is 50.3 Å². The molecular weight excluding hydrogens is 391 g/mol. The van der Waals surface area contributed by atoms with Crippen molar-refractivity contribution in [2.45, 2.75) is 40.0 Å². The third-order valence-corrected chi connectivity index (χ3v) is 5.57. The van der Waals surface area contributed by atoms with Gasteiger partial charge in [0.15, 0.2) is 5.78 Å². The number of halogens is 1. The van der Waals surface area contributed by atoms with E-state index in [1.165, 1.54) is 6.07 Å². The fourth-order valence-electron chi connectivity index (χ4n) is 3.62. The molecular formula is C26H27FN2O2. The van der Waals surface area contributed by atoms with E-state index in [0.717, 1.165) is 27.9 Å². The average molecular weight is 419 g/mol. The predicted octanol–water partition coefficient (Wildman–Crippen LogP) is 5.69. The zero-order chi connectivity index (χ0) is 22.5. The first-order valence-corrected chi connectivity index (χ1v) is 10.4. The van der Waals surface area contributed by atoms with Crippen molar-refractivity contribution in [3.8, 4) is 11.1 Å². The minimum Gasteiger partial charge on any atom is -0.316 e. The summed E-state index contributed by atoms with van der Waals surface area (Å²) >= 11 is 0. The second-order valence-electron chi connectivity index (χ2n) is 7.68. The summed E-state index contributed by atoms with van der Waals surface area (Å²) in [6.07, 6.45) is 1.34. The van der Waals surface area contributed by atoms with E-state index in [-0.39, 0.29) is 11.7 Å². The summed E-state index contributed by atoms with van der Waals surface area (Å²) in [5, 5.41) is 0. The van der Waals surface area contributed by atoms with Crippen molar-refractivity contribution in [2.75, 3.05) is 11.9 Å². The molecule has 0 spiro atoms. The molecule has 0 bridgehead atoms. The van der Waals surface area contributed by atoms with E-state index in [4.69, 9.17) is 0 Å². The first-order chi connectivity index (χ1) is 14.8. The number of hydrogen-bond donors (Lipinski definition) is 0. The molecule has 31 heavy (non-hydrogen) atoms. The zero-order valence-corrected chi connectivity index (χ0v) is 18.4. The van der Waals surface area contributed by atoms with Crippen molar-refractivity contribution in [1.29, 1.82) is 0 Å². The van der Waals surface area contributed by atoms with Crippen LogP contribution in [0.5, 0.6) is 0 Å². The Morgan fingerprint density at radius 3 is 2.26 bits per heavy atom. The summed E-state index contributed by atoms with van der Waals surface area (Å²) in [4.78, 5) is 30.1. The van der Waals surface area contributed by atoms with Crippen molar-refractivity contribution in [3.05, 3.63) is 82.9 Å². The highest BCUT2D eigenvalue weighted by atomic mass is 19.1. The number of nitrogens with zero attached hydrogens (tertiary/aromatic N) is 2. The first kappa shape index (κ1) is 22.3. The highest BCUT2D eigenvalue weighted by Crippen LogP contribution is 2.26. The van der Waals surface area contributed by atoms with Crippen LogP contribution in [0.25, 0.3) is 11.1 Å². The SMILES string of the molecule is CCC(=O)N(C)c1ccc(-c2ccc(C(=O)CCc3ccc(F)nc3C)c(C)c2)cc1. The van der Waals surface area contributed by atoms with Gasteiger partial charge in [-0.1, -0.05) is 43.3 Å². The van der Waals surface area contributed by atoms with E-state index < -0.39 is 5.95 Å². The third kappa shape index (κ3) is 5.23. The van der Waals surface area contributed by atoms with E-state index in [9.17, 15) is 14.0 Å². The molecule has 0 N–H and O–H groups in total. The lowest BCUT2D eigenvalue weighted by Crippen LogP contribution is -2.24. The number of carbonyl (C=O) groups is 2. The molecule has 3 rings (SSSR count). The van der Waals surface area contributed by atoms with Crippen molar-refractivity contribution in [2.24, 2.45) is 0 Å². The van der Waals surface area contributed by atoms with Crippen LogP contribution < -0.4 is 4.90 Å². The quantitative estimate of drug-likeness (QED) is 0.366. The molecule has 0 aliphatic rings. The maximum Gasteiger partial charge on any atom is 0.226 e. The van der Waals surface area contributed by atoms with E-state index in [1.807, 2.05) is 56.3 Å². The Morgan fingerprint density at radius 2 is 1.65 bits per heavy atom. The van der Waals surface area contributed by atoms with Gasteiger partial charge in [-0.15, -0.1) is 0 Å². The van der Waals surface area contributed by atoms with Crippen LogP contribution in [0.1, 0.15) is 46.9 Å². The van der Waals surface area contributed by atoms with Gasteiger partial charge >= 0.3 is 0 Å². The van der Waals surface area contributed by atoms with Crippen molar-refractivity contribution >= 4 is 17.4 Å². The monoisotopic (exact) mass is 418 g/mol. The number of ketones is 1. The van der Waals surface area contributed by atoms with E-state index >= 15 is 0 Å².